The van der Waals surface area contributed by atoms with Gasteiger partial charge in [-0.05, 0) is 31.2 Å². The lowest BCUT2D eigenvalue weighted by molar-refractivity contribution is -0.254. The van der Waals surface area contributed by atoms with Crippen molar-refractivity contribution >= 4 is 28.3 Å². The Morgan fingerprint density at radius 1 is 1.21 bits per heavy atom. The van der Waals surface area contributed by atoms with Crippen LogP contribution in [0.3, 0.4) is 0 Å². The van der Waals surface area contributed by atoms with Crippen LogP contribution in [0.2, 0.25) is 0 Å². The van der Waals surface area contributed by atoms with E-state index in [0.29, 0.717) is 16.5 Å². The van der Waals surface area contributed by atoms with Gasteiger partial charge in [0, 0.05) is 10.9 Å². The Kier molecular flexibility index (Phi) is 4.79. The van der Waals surface area contributed by atoms with E-state index in [1.54, 1.807) is 17.5 Å². The van der Waals surface area contributed by atoms with Gasteiger partial charge in [0.25, 0.3) is 5.72 Å². The van der Waals surface area contributed by atoms with Gasteiger partial charge in [0.2, 0.25) is 5.13 Å². The molecule has 0 radical (unpaired) electrons. The van der Waals surface area contributed by atoms with Crippen LogP contribution in [-0.2, 0) is 0 Å². The number of hydrazone groups is 1. The third-order valence-electron chi connectivity index (χ3n) is 4.46. The lowest BCUT2D eigenvalue weighted by atomic mass is 10.1. The molecule has 3 aromatic rings. The normalized spacial score (nSPS) is 19.9. The van der Waals surface area contributed by atoms with Gasteiger partial charge in [0.05, 0.1) is 24.1 Å². The molecule has 9 heteroatoms. The van der Waals surface area contributed by atoms with Crippen molar-refractivity contribution in [2.75, 3.05) is 5.01 Å². The van der Waals surface area contributed by atoms with Crippen LogP contribution in [0.1, 0.15) is 17.7 Å². The standard InChI is InChI=1S/C20H16F3N3O2S/c1-13-4-6-14(7-5-13)17-12-29-18(24-17)26-19(27,20(21,22)23)11-15(25-26)8-9-16-3-2-10-28-16/h2-10,12,27H,11H2,1H3/b9-8+/t19-/m0/s1. The fourth-order valence-corrected chi connectivity index (χ4v) is 3.72. The number of rotatable bonds is 4. The monoisotopic (exact) mass is 419 g/mol. The van der Waals surface area contributed by atoms with Gasteiger partial charge >= 0.3 is 6.18 Å². The van der Waals surface area contributed by atoms with Crippen LogP contribution in [0.25, 0.3) is 17.3 Å². The van der Waals surface area contributed by atoms with Gasteiger partial charge in [-0.15, -0.1) is 11.3 Å². The molecule has 4 rings (SSSR count). The number of allylic oxidation sites excluding steroid dienone is 1. The lowest BCUT2D eigenvalue weighted by Crippen LogP contribution is -2.55. The van der Waals surface area contributed by atoms with E-state index >= 15 is 0 Å². The Hall–Kier alpha value is -2.91. The van der Waals surface area contributed by atoms with Gasteiger partial charge < -0.3 is 9.52 Å². The van der Waals surface area contributed by atoms with E-state index in [1.165, 1.54) is 18.4 Å². The summed E-state index contributed by atoms with van der Waals surface area (Å²) in [6.07, 6.45) is -1.29. The molecule has 0 fully saturated rings. The smallest absolute Gasteiger partial charge is 0.438 e. The summed E-state index contributed by atoms with van der Waals surface area (Å²) in [5.41, 5.74) is -0.752. The molecule has 1 N–H and O–H groups in total. The zero-order valence-electron chi connectivity index (χ0n) is 15.2. The van der Waals surface area contributed by atoms with Crippen LogP contribution < -0.4 is 5.01 Å². The average molecular weight is 419 g/mol. The maximum Gasteiger partial charge on any atom is 0.438 e. The van der Waals surface area contributed by atoms with Gasteiger partial charge in [-0.1, -0.05) is 29.8 Å². The zero-order valence-corrected chi connectivity index (χ0v) is 16.0. The van der Waals surface area contributed by atoms with E-state index in [9.17, 15) is 18.3 Å². The second kappa shape index (κ2) is 7.16. The van der Waals surface area contributed by atoms with Crippen LogP contribution in [-0.4, -0.2) is 27.7 Å². The van der Waals surface area contributed by atoms with E-state index in [1.807, 2.05) is 31.2 Å². The van der Waals surface area contributed by atoms with Crippen molar-refractivity contribution in [3.63, 3.8) is 0 Å². The molecular weight excluding hydrogens is 403 g/mol. The summed E-state index contributed by atoms with van der Waals surface area (Å²) in [5, 5.41) is 16.6. The predicted octanol–water partition coefficient (Wildman–Crippen LogP) is 5.24. The zero-order chi connectivity index (χ0) is 20.6. The van der Waals surface area contributed by atoms with Gasteiger partial charge in [-0.25, -0.2) is 4.98 Å². The Labute approximate surface area is 168 Å². The molecule has 5 nitrogen and oxygen atoms in total. The molecular formula is C20H16F3N3O2S. The number of aromatic nitrogens is 1. The van der Waals surface area contributed by atoms with Gasteiger partial charge in [0.15, 0.2) is 0 Å². The van der Waals surface area contributed by atoms with E-state index in [4.69, 9.17) is 4.42 Å². The molecule has 1 atom stereocenters. The van der Waals surface area contributed by atoms with Crippen LogP contribution in [0.5, 0.6) is 0 Å². The predicted molar refractivity (Wildman–Crippen MR) is 106 cm³/mol. The largest absolute Gasteiger partial charge is 0.465 e. The Bertz CT molecular complexity index is 1060. The van der Waals surface area contributed by atoms with Crippen LogP contribution in [0.15, 0.2) is 63.6 Å². The van der Waals surface area contributed by atoms with E-state index in [0.717, 1.165) is 22.5 Å². The van der Waals surface area contributed by atoms with Crippen molar-refractivity contribution in [1.82, 2.24) is 4.98 Å². The highest BCUT2D eigenvalue weighted by Crippen LogP contribution is 2.44. The third kappa shape index (κ3) is 3.70. The minimum Gasteiger partial charge on any atom is -0.465 e. The highest BCUT2D eigenvalue weighted by atomic mass is 32.1. The van der Waals surface area contributed by atoms with E-state index in [-0.39, 0.29) is 10.8 Å². The summed E-state index contributed by atoms with van der Waals surface area (Å²) >= 11 is 0.987. The van der Waals surface area contributed by atoms with Crippen LogP contribution in [0, 0.1) is 6.92 Å². The number of nitrogens with zero attached hydrogens (tertiary/aromatic N) is 3. The molecule has 150 valence electrons. The summed E-state index contributed by atoms with van der Waals surface area (Å²) in [7, 11) is 0. The summed E-state index contributed by atoms with van der Waals surface area (Å²) < 4.78 is 46.3. The molecule has 29 heavy (non-hydrogen) atoms. The first-order valence-corrected chi connectivity index (χ1v) is 9.55. The first-order chi connectivity index (χ1) is 13.8. The lowest BCUT2D eigenvalue weighted by Gasteiger charge is -2.32. The molecule has 1 aliphatic rings. The van der Waals surface area contributed by atoms with Gasteiger partial charge in [-0.3, -0.25) is 0 Å². The number of halogens is 3. The summed E-state index contributed by atoms with van der Waals surface area (Å²) in [4.78, 5) is 4.28. The van der Waals surface area contributed by atoms with Crippen molar-refractivity contribution in [2.24, 2.45) is 5.10 Å². The fraction of sp³-hybridized carbons (Fsp3) is 0.200. The number of furan rings is 1. The average Bonchev–Trinajstić information content (AvgIpc) is 3.40. The van der Waals surface area contributed by atoms with Crippen LogP contribution in [0.4, 0.5) is 18.3 Å². The molecule has 3 heterocycles. The molecule has 2 aromatic heterocycles. The van der Waals surface area contributed by atoms with Crippen molar-refractivity contribution in [3.05, 3.63) is 65.4 Å². The maximum atomic E-state index is 13.7. The summed E-state index contributed by atoms with van der Waals surface area (Å²) in [6, 6.07) is 10.8. The first-order valence-electron chi connectivity index (χ1n) is 8.67. The molecule has 1 aromatic carbocycles. The SMILES string of the molecule is Cc1ccc(-c2csc(N3N=C(/C=C/c4ccco4)C[C@]3(O)C(F)(F)F)n2)cc1. The van der Waals surface area contributed by atoms with Crippen molar-refractivity contribution < 1.29 is 22.7 Å². The first kappa shape index (κ1) is 19.4. The Morgan fingerprint density at radius 2 is 1.97 bits per heavy atom. The number of hydrogen-bond acceptors (Lipinski definition) is 6. The van der Waals surface area contributed by atoms with Gasteiger partial charge in [0.1, 0.15) is 5.76 Å². The molecule has 0 saturated heterocycles. The maximum absolute atomic E-state index is 13.7. The molecule has 0 spiro atoms. The topological polar surface area (TPSA) is 61.9 Å². The minimum atomic E-state index is -4.92. The molecule has 0 amide bonds. The molecule has 0 saturated carbocycles. The summed E-state index contributed by atoms with van der Waals surface area (Å²) in [6.45, 7) is 1.94. The highest BCUT2D eigenvalue weighted by Gasteiger charge is 2.62. The molecule has 0 bridgehead atoms. The molecule has 1 aliphatic heterocycles. The second-order valence-corrected chi connectivity index (χ2v) is 7.46. The van der Waals surface area contributed by atoms with E-state index in [2.05, 4.69) is 10.1 Å². The number of benzene rings is 1. The number of anilines is 1. The number of aryl methyl sites for hydroxylation is 1. The Balaban J connectivity index is 1.67. The third-order valence-corrected chi connectivity index (χ3v) is 5.28. The summed E-state index contributed by atoms with van der Waals surface area (Å²) in [5.74, 6) is 0.470. The number of alkyl halides is 3. The van der Waals surface area contributed by atoms with Crippen molar-refractivity contribution in [1.29, 1.82) is 0 Å². The van der Waals surface area contributed by atoms with Crippen molar-refractivity contribution in [3.8, 4) is 11.3 Å². The number of hydrogen-bond donors (Lipinski definition) is 1. The number of thiazole rings is 1. The minimum absolute atomic E-state index is 0.0400. The highest BCUT2D eigenvalue weighted by molar-refractivity contribution is 7.14. The van der Waals surface area contributed by atoms with E-state index < -0.39 is 18.3 Å². The Morgan fingerprint density at radius 3 is 2.62 bits per heavy atom. The van der Waals surface area contributed by atoms with Crippen LogP contribution >= 0.6 is 11.3 Å². The number of aliphatic hydroxyl groups is 1. The molecule has 0 unspecified atom stereocenters. The van der Waals surface area contributed by atoms with Crippen molar-refractivity contribution in [2.45, 2.75) is 25.2 Å². The molecule has 0 aliphatic carbocycles. The van der Waals surface area contributed by atoms with Gasteiger partial charge in [-0.2, -0.15) is 23.3 Å². The quantitative estimate of drug-likeness (QED) is 0.628. The fourth-order valence-electron chi connectivity index (χ4n) is 2.87. The second-order valence-electron chi connectivity index (χ2n) is 6.62.